The first-order chi connectivity index (χ1) is 10.6. The summed E-state index contributed by atoms with van der Waals surface area (Å²) in [4.78, 5) is 12.0. The third-order valence-electron chi connectivity index (χ3n) is 4.00. The Morgan fingerprint density at radius 1 is 1.45 bits per heavy atom. The first kappa shape index (κ1) is 14.6. The number of aryl methyl sites for hydroxylation is 2. The molecule has 1 atom stereocenters. The summed E-state index contributed by atoms with van der Waals surface area (Å²) in [6.07, 6.45) is 2.92. The summed E-state index contributed by atoms with van der Waals surface area (Å²) in [5.41, 5.74) is 3.00. The lowest BCUT2D eigenvalue weighted by atomic mass is 9.89. The fourth-order valence-electron chi connectivity index (χ4n) is 2.71. The van der Waals surface area contributed by atoms with E-state index in [0.717, 1.165) is 36.1 Å². The van der Waals surface area contributed by atoms with Crippen LogP contribution in [0.2, 0.25) is 0 Å². The summed E-state index contributed by atoms with van der Waals surface area (Å²) in [5, 5.41) is 6.81. The highest BCUT2D eigenvalue weighted by atomic mass is 16.5. The van der Waals surface area contributed by atoms with Crippen molar-refractivity contribution in [2.45, 2.75) is 33.1 Å². The average molecular weight is 300 g/mol. The Hall–Kier alpha value is -2.30. The molecule has 0 saturated carbocycles. The van der Waals surface area contributed by atoms with Crippen molar-refractivity contribution >= 4 is 11.8 Å². The zero-order chi connectivity index (χ0) is 15.5. The number of carbonyl (C=O) groups excluding carboxylic acids is 1. The van der Waals surface area contributed by atoms with Gasteiger partial charge in [-0.1, -0.05) is 30.3 Å². The van der Waals surface area contributed by atoms with Crippen molar-refractivity contribution in [3.63, 3.8) is 0 Å². The number of ether oxygens (including phenoxy) is 1. The highest BCUT2D eigenvalue weighted by Crippen LogP contribution is 2.30. The van der Waals surface area contributed by atoms with Gasteiger partial charge in [0.15, 0.2) is 6.61 Å². The maximum absolute atomic E-state index is 12.0. The number of benzene rings is 1. The number of hydrogen-bond donors (Lipinski definition) is 1. The number of amides is 1. The first-order valence-corrected chi connectivity index (χ1v) is 7.59. The van der Waals surface area contributed by atoms with E-state index < -0.39 is 0 Å². The highest BCUT2D eigenvalue weighted by Gasteiger charge is 2.24. The average Bonchev–Trinajstić information content (AvgIpc) is 2.89. The lowest BCUT2D eigenvalue weighted by molar-refractivity contribution is -0.118. The molecule has 0 fully saturated rings. The molecule has 1 aromatic heterocycles. The van der Waals surface area contributed by atoms with Crippen LogP contribution in [-0.4, -0.2) is 17.7 Å². The van der Waals surface area contributed by atoms with Crippen LogP contribution in [0.15, 0.2) is 28.8 Å². The van der Waals surface area contributed by atoms with Crippen LogP contribution in [0.4, 0.5) is 5.88 Å². The summed E-state index contributed by atoms with van der Waals surface area (Å²) in [6, 6.07) is 7.61. The topological polar surface area (TPSA) is 64.4 Å². The Morgan fingerprint density at radius 3 is 3.09 bits per heavy atom. The third kappa shape index (κ3) is 3.13. The summed E-state index contributed by atoms with van der Waals surface area (Å²) >= 11 is 0. The largest absolute Gasteiger partial charge is 0.483 e. The molecule has 1 heterocycles. The molecule has 3 rings (SSSR count). The van der Waals surface area contributed by atoms with E-state index in [1.165, 1.54) is 0 Å². The third-order valence-corrected chi connectivity index (χ3v) is 4.00. The fraction of sp³-hybridized carbons (Fsp3) is 0.412. The molecule has 1 amide bonds. The van der Waals surface area contributed by atoms with Crippen LogP contribution >= 0.6 is 0 Å². The molecule has 0 radical (unpaired) electrons. The van der Waals surface area contributed by atoms with Crippen molar-refractivity contribution in [3.05, 3.63) is 41.1 Å². The van der Waals surface area contributed by atoms with Gasteiger partial charge in [-0.25, -0.2) is 0 Å². The van der Waals surface area contributed by atoms with Gasteiger partial charge in [-0.05, 0) is 43.7 Å². The Morgan fingerprint density at radius 2 is 2.27 bits per heavy atom. The number of nitrogens with zero attached hydrogens (tertiary/aromatic N) is 1. The second-order valence-electron chi connectivity index (χ2n) is 5.89. The molecule has 1 aliphatic rings. The van der Waals surface area contributed by atoms with E-state index in [4.69, 9.17) is 9.26 Å². The van der Waals surface area contributed by atoms with Crippen molar-refractivity contribution in [3.8, 4) is 5.75 Å². The molecular formula is C17H20N2O3. The van der Waals surface area contributed by atoms with Gasteiger partial charge < -0.3 is 9.26 Å². The van der Waals surface area contributed by atoms with Gasteiger partial charge in [-0.15, -0.1) is 0 Å². The molecule has 22 heavy (non-hydrogen) atoms. The lowest BCUT2D eigenvalue weighted by Gasteiger charge is -2.16. The van der Waals surface area contributed by atoms with Crippen molar-refractivity contribution < 1.29 is 14.1 Å². The highest BCUT2D eigenvalue weighted by molar-refractivity contribution is 5.91. The Kier molecular flexibility index (Phi) is 4.13. The lowest BCUT2D eigenvalue weighted by Crippen LogP contribution is -2.21. The number of carbonyl (C=O) groups is 1. The van der Waals surface area contributed by atoms with Crippen LogP contribution in [-0.2, 0) is 17.6 Å². The molecule has 5 heteroatoms. The molecule has 116 valence electrons. The van der Waals surface area contributed by atoms with Gasteiger partial charge in [0.05, 0.1) is 5.69 Å². The zero-order valence-electron chi connectivity index (χ0n) is 12.9. The predicted molar refractivity (Wildman–Crippen MR) is 83.0 cm³/mol. The van der Waals surface area contributed by atoms with Crippen LogP contribution in [0.1, 0.15) is 30.2 Å². The second kappa shape index (κ2) is 6.22. The molecular weight excluding hydrogens is 280 g/mol. The van der Waals surface area contributed by atoms with Crippen LogP contribution in [0, 0.1) is 12.8 Å². The van der Waals surface area contributed by atoms with Crippen molar-refractivity contribution in [1.82, 2.24) is 5.16 Å². The number of para-hydroxylation sites is 1. The Bertz CT molecular complexity index is 678. The number of aromatic nitrogens is 1. The van der Waals surface area contributed by atoms with Gasteiger partial charge in [-0.3, -0.25) is 10.1 Å². The molecule has 0 spiro atoms. The molecule has 2 aromatic rings. The number of hydrogen-bond acceptors (Lipinski definition) is 4. The predicted octanol–water partition coefficient (Wildman–Crippen LogP) is 3.13. The van der Waals surface area contributed by atoms with Crippen molar-refractivity contribution in [2.24, 2.45) is 5.92 Å². The molecule has 0 unspecified atom stereocenters. The molecule has 1 N–H and O–H groups in total. The van der Waals surface area contributed by atoms with Crippen LogP contribution in [0.5, 0.6) is 5.75 Å². The second-order valence-corrected chi connectivity index (χ2v) is 5.89. The maximum Gasteiger partial charge on any atom is 0.264 e. The van der Waals surface area contributed by atoms with Gasteiger partial charge in [0.25, 0.3) is 5.91 Å². The number of nitrogens with one attached hydrogen (secondary N) is 1. The van der Waals surface area contributed by atoms with Crippen LogP contribution in [0.25, 0.3) is 0 Å². The summed E-state index contributed by atoms with van der Waals surface area (Å²) < 4.78 is 10.8. The van der Waals surface area contributed by atoms with Gasteiger partial charge in [0, 0.05) is 5.56 Å². The minimum absolute atomic E-state index is 0.0458. The number of fused-ring (bicyclic) bond motifs is 1. The van der Waals surface area contributed by atoms with E-state index in [9.17, 15) is 4.79 Å². The van der Waals surface area contributed by atoms with E-state index in [0.29, 0.717) is 17.6 Å². The van der Waals surface area contributed by atoms with E-state index in [2.05, 4.69) is 17.4 Å². The van der Waals surface area contributed by atoms with Crippen LogP contribution in [0.3, 0.4) is 0 Å². The van der Waals surface area contributed by atoms with Gasteiger partial charge >= 0.3 is 0 Å². The summed E-state index contributed by atoms with van der Waals surface area (Å²) in [6.45, 7) is 4.10. The SMILES string of the molecule is Cc1ccccc1OCC(=O)Nc1onc2c1C[C@@H](C)CC2. The molecule has 0 saturated heterocycles. The van der Waals surface area contributed by atoms with Crippen molar-refractivity contribution in [2.75, 3.05) is 11.9 Å². The number of anilines is 1. The van der Waals surface area contributed by atoms with Gasteiger partial charge in [0.2, 0.25) is 5.88 Å². The first-order valence-electron chi connectivity index (χ1n) is 7.59. The molecule has 5 nitrogen and oxygen atoms in total. The summed E-state index contributed by atoms with van der Waals surface area (Å²) in [7, 11) is 0. The Balaban J connectivity index is 1.61. The molecule has 0 aliphatic heterocycles. The van der Waals surface area contributed by atoms with E-state index in [-0.39, 0.29) is 12.5 Å². The minimum Gasteiger partial charge on any atom is -0.483 e. The van der Waals surface area contributed by atoms with E-state index in [1.807, 2.05) is 31.2 Å². The zero-order valence-corrected chi connectivity index (χ0v) is 12.9. The molecule has 0 bridgehead atoms. The summed E-state index contributed by atoms with van der Waals surface area (Å²) in [5.74, 6) is 1.54. The molecule has 1 aromatic carbocycles. The van der Waals surface area contributed by atoms with Gasteiger partial charge in [0.1, 0.15) is 5.75 Å². The van der Waals surface area contributed by atoms with Crippen LogP contribution < -0.4 is 10.1 Å². The maximum atomic E-state index is 12.0. The standard InChI is InChI=1S/C17H20N2O3/c1-11-7-8-14-13(9-11)17(22-19-14)18-16(20)10-21-15-6-4-3-5-12(15)2/h3-6,11H,7-10H2,1-2H3,(H,18,20)/t11-/m0/s1. The fourth-order valence-corrected chi connectivity index (χ4v) is 2.71. The number of rotatable bonds is 4. The minimum atomic E-state index is -0.236. The smallest absolute Gasteiger partial charge is 0.264 e. The van der Waals surface area contributed by atoms with E-state index in [1.54, 1.807) is 0 Å². The molecule has 1 aliphatic carbocycles. The van der Waals surface area contributed by atoms with Gasteiger partial charge in [-0.2, -0.15) is 0 Å². The Labute approximate surface area is 129 Å². The normalized spacial score (nSPS) is 16.9. The monoisotopic (exact) mass is 300 g/mol. The van der Waals surface area contributed by atoms with Crippen molar-refractivity contribution in [1.29, 1.82) is 0 Å². The van der Waals surface area contributed by atoms with E-state index >= 15 is 0 Å². The quantitative estimate of drug-likeness (QED) is 0.942.